The van der Waals surface area contributed by atoms with Crippen molar-refractivity contribution < 1.29 is 31.5 Å². The van der Waals surface area contributed by atoms with Crippen molar-refractivity contribution in [2.24, 2.45) is 7.05 Å². The van der Waals surface area contributed by atoms with Gasteiger partial charge >= 0.3 is 6.18 Å². The number of carbonyl (C=O) groups excluding carboxylic acids is 1. The number of hydrogen-bond acceptors (Lipinski definition) is 4. The van der Waals surface area contributed by atoms with Crippen molar-refractivity contribution >= 4 is 27.9 Å². The third-order valence-corrected chi connectivity index (χ3v) is 6.43. The Labute approximate surface area is 206 Å². The first-order chi connectivity index (χ1) is 17.4. The molecule has 6 nitrogen and oxygen atoms in total. The molecule has 37 heavy (non-hydrogen) atoms. The zero-order chi connectivity index (χ0) is 26.8. The molecular formula is C26H19F5N4O2. The third kappa shape index (κ3) is 3.69. The maximum atomic E-state index is 14.4. The third-order valence-electron chi connectivity index (χ3n) is 6.43. The molecular weight excluding hydrogens is 495 g/mol. The van der Waals surface area contributed by atoms with E-state index in [1.807, 2.05) is 0 Å². The first-order valence-electron chi connectivity index (χ1n) is 10.9. The van der Waals surface area contributed by atoms with E-state index in [4.69, 9.17) is 10.5 Å². The van der Waals surface area contributed by atoms with Gasteiger partial charge in [0.05, 0.1) is 23.9 Å². The van der Waals surface area contributed by atoms with Crippen LogP contribution >= 0.6 is 0 Å². The summed E-state index contributed by atoms with van der Waals surface area (Å²) in [6.45, 7) is 1.66. The standard InChI is InChI=1S/C26H19F5N4O2/c1-12-15-11-16(26(29,30)31)21(25(37-3)23(15)33-34(12)2)14-5-4-8-35-19(14)6-7-20(35)24(36)13-9-17(27)22(32)18(28)10-13/h4-11H,32H2,1-3H3. The Morgan fingerprint density at radius 1 is 1.08 bits per heavy atom. The molecule has 0 aliphatic rings. The summed E-state index contributed by atoms with van der Waals surface area (Å²) in [5.74, 6) is -3.00. The van der Waals surface area contributed by atoms with E-state index in [-0.39, 0.29) is 39.2 Å². The van der Waals surface area contributed by atoms with Crippen molar-refractivity contribution in [3.8, 4) is 16.9 Å². The Morgan fingerprint density at radius 2 is 1.76 bits per heavy atom. The molecule has 3 heterocycles. The lowest BCUT2D eigenvalue weighted by Crippen LogP contribution is -2.10. The molecule has 0 saturated carbocycles. The number of carbonyl (C=O) groups is 1. The van der Waals surface area contributed by atoms with E-state index >= 15 is 0 Å². The predicted molar refractivity (Wildman–Crippen MR) is 128 cm³/mol. The van der Waals surface area contributed by atoms with E-state index in [0.717, 1.165) is 18.2 Å². The second kappa shape index (κ2) is 8.32. The van der Waals surface area contributed by atoms with Gasteiger partial charge in [-0.05, 0) is 43.3 Å². The number of nitrogen functional groups attached to an aromatic ring is 1. The molecule has 2 N–H and O–H groups in total. The highest BCUT2D eigenvalue weighted by Gasteiger charge is 2.38. The zero-order valence-electron chi connectivity index (χ0n) is 19.7. The van der Waals surface area contributed by atoms with Gasteiger partial charge in [-0.25, -0.2) is 8.78 Å². The number of alkyl halides is 3. The Kier molecular flexibility index (Phi) is 5.47. The number of anilines is 1. The topological polar surface area (TPSA) is 74.6 Å². The number of hydrogen-bond donors (Lipinski definition) is 1. The second-order valence-corrected chi connectivity index (χ2v) is 8.51. The maximum absolute atomic E-state index is 14.4. The van der Waals surface area contributed by atoms with Crippen LogP contribution in [0.5, 0.6) is 5.75 Å². The highest BCUT2D eigenvalue weighted by atomic mass is 19.4. The van der Waals surface area contributed by atoms with Gasteiger partial charge in [0.25, 0.3) is 0 Å². The smallest absolute Gasteiger partial charge is 0.417 e. The van der Waals surface area contributed by atoms with Crippen LogP contribution in [0.3, 0.4) is 0 Å². The number of ketones is 1. The van der Waals surface area contributed by atoms with Crippen LogP contribution in [0.25, 0.3) is 27.5 Å². The van der Waals surface area contributed by atoms with Crippen LogP contribution in [-0.2, 0) is 13.2 Å². The molecule has 0 radical (unpaired) electrons. The molecule has 0 amide bonds. The largest absolute Gasteiger partial charge is 0.494 e. The Balaban J connectivity index is 1.79. The van der Waals surface area contributed by atoms with E-state index in [2.05, 4.69) is 5.10 Å². The molecule has 0 fully saturated rings. The van der Waals surface area contributed by atoms with Crippen molar-refractivity contribution in [3.63, 3.8) is 0 Å². The lowest BCUT2D eigenvalue weighted by Gasteiger charge is -2.18. The summed E-state index contributed by atoms with van der Waals surface area (Å²) in [4.78, 5) is 13.1. The van der Waals surface area contributed by atoms with E-state index in [1.54, 1.807) is 14.0 Å². The van der Waals surface area contributed by atoms with Gasteiger partial charge in [0.2, 0.25) is 5.78 Å². The van der Waals surface area contributed by atoms with Crippen molar-refractivity contribution in [3.05, 3.63) is 82.8 Å². The lowest BCUT2D eigenvalue weighted by atomic mass is 9.95. The fraction of sp³-hybridized carbons (Fsp3) is 0.154. The molecule has 5 aromatic rings. The van der Waals surface area contributed by atoms with Gasteiger partial charge in [0.15, 0.2) is 5.75 Å². The van der Waals surface area contributed by atoms with Gasteiger partial charge in [0, 0.05) is 41.0 Å². The number of halogens is 5. The molecule has 2 aromatic carbocycles. The van der Waals surface area contributed by atoms with Crippen LogP contribution in [0, 0.1) is 18.6 Å². The van der Waals surface area contributed by atoms with Crippen LogP contribution in [-0.4, -0.2) is 27.1 Å². The number of nitrogens with zero attached hydrogens (tertiary/aromatic N) is 3. The van der Waals surface area contributed by atoms with E-state index in [1.165, 1.54) is 46.7 Å². The zero-order valence-corrected chi connectivity index (χ0v) is 19.7. The fourth-order valence-electron chi connectivity index (χ4n) is 4.51. The number of benzene rings is 2. The molecule has 0 aliphatic heterocycles. The number of fused-ring (bicyclic) bond motifs is 2. The van der Waals surface area contributed by atoms with Gasteiger partial charge in [-0.15, -0.1) is 0 Å². The molecule has 0 unspecified atom stereocenters. The number of rotatable bonds is 4. The summed E-state index contributed by atoms with van der Waals surface area (Å²) in [5, 5.41) is 4.64. The number of methoxy groups -OCH3 is 1. The number of aryl methyl sites for hydroxylation is 2. The minimum Gasteiger partial charge on any atom is -0.494 e. The number of aromatic nitrogens is 3. The molecule has 3 aromatic heterocycles. The molecule has 0 aliphatic carbocycles. The second-order valence-electron chi connectivity index (χ2n) is 8.51. The first-order valence-corrected chi connectivity index (χ1v) is 10.9. The maximum Gasteiger partial charge on any atom is 0.417 e. The van der Waals surface area contributed by atoms with Crippen LogP contribution in [0.4, 0.5) is 27.6 Å². The molecule has 0 atom stereocenters. The summed E-state index contributed by atoms with van der Waals surface area (Å²) in [6, 6.07) is 8.43. The monoisotopic (exact) mass is 514 g/mol. The highest BCUT2D eigenvalue weighted by molar-refractivity contribution is 6.09. The number of nitrogens with two attached hydrogens (primary N) is 1. The normalized spacial score (nSPS) is 12.0. The molecule has 0 spiro atoms. The summed E-state index contributed by atoms with van der Waals surface area (Å²) in [7, 11) is 2.89. The van der Waals surface area contributed by atoms with Crippen molar-refractivity contribution in [2.75, 3.05) is 12.8 Å². The number of ether oxygens (including phenoxy) is 1. The molecule has 5 rings (SSSR count). The molecule has 0 saturated heterocycles. The average molecular weight is 514 g/mol. The van der Waals surface area contributed by atoms with Crippen LogP contribution in [0.2, 0.25) is 0 Å². The van der Waals surface area contributed by atoms with E-state index in [0.29, 0.717) is 11.1 Å². The van der Waals surface area contributed by atoms with Gasteiger partial charge < -0.3 is 14.9 Å². The number of pyridine rings is 1. The van der Waals surface area contributed by atoms with Crippen LogP contribution in [0.15, 0.2) is 48.7 Å². The molecule has 11 heteroatoms. The van der Waals surface area contributed by atoms with Crippen LogP contribution in [0.1, 0.15) is 27.3 Å². The summed E-state index contributed by atoms with van der Waals surface area (Å²) in [5.41, 5.74) is 4.25. The minimum atomic E-state index is -4.74. The average Bonchev–Trinajstić information content (AvgIpc) is 3.40. The van der Waals surface area contributed by atoms with Gasteiger partial charge in [-0.2, -0.15) is 18.3 Å². The summed E-state index contributed by atoms with van der Waals surface area (Å²) < 4.78 is 79.3. The summed E-state index contributed by atoms with van der Waals surface area (Å²) in [6.07, 6.45) is -3.27. The van der Waals surface area contributed by atoms with Gasteiger partial charge in [-0.1, -0.05) is 6.07 Å². The van der Waals surface area contributed by atoms with E-state index in [9.17, 15) is 26.7 Å². The lowest BCUT2D eigenvalue weighted by molar-refractivity contribution is -0.137. The Hall–Kier alpha value is -4.41. The fourth-order valence-corrected chi connectivity index (χ4v) is 4.51. The highest BCUT2D eigenvalue weighted by Crippen LogP contribution is 2.47. The van der Waals surface area contributed by atoms with Gasteiger partial charge in [-0.3, -0.25) is 9.48 Å². The quantitative estimate of drug-likeness (QED) is 0.184. The minimum absolute atomic E-state index is 0.0114. The van der Waals surface area contributed by atoms with Crippen molar-refractivity contribution in [1.29, 1.82) is 0 Å². The molecule has 0 bridgehead atoms. The van der Waals surface area contributed by atoms with E-state index < -0.39 is 34.8 Å². The molecule has 190 valence electrons. The van der Waals surface area contributed by atoms with Crippen LogP contribution < -0.4 is 10.5 Å². The Bertz CT molecular complexity index is 1710. The van der Waals surface area contributed by atoms with Crippen molar-refractivity contribution in [1.82, 2.24) is 14.2 Å². The predicted octanol–water partition coefficient (Wildman–Crippen LogP) is 5.92. The van der Waals surface area contributed by atoms with Gasteiger partial charge in [0.1, 0.15) is 22.8 Å². The first kappa shape index (κ1) is 24.3. The van der Waals surface area contributed by atoms with Crippen molar-refractivity contribution in [2.45, 2.75) is 13.1 Å². The summed E-state index contributed by atoms with van der Waals surface area (Å²) >= 11 is 0. The SMILES string of the molecule is COc1c(-c2cccn3c(C(=O)c4cc(F)c(N)c(F)c4)ccc23)c(C(F)(F)F)cc2c(C)n(C)nc12. The Morgan fingerprint density at radius 3 is 2.38 bits per heavy atom.